The number of carbonyl (C=O) groups is 1. The predicted octanol–water partition coefficient (Wildman–Crippen LogP) is 3.66. The third-order valence-corrected chi connectivity index (χ3v) is 5.87. The molecule has 0 saturated carbocycles. The maximum Gasteiger partial charge on any atom is 0.232 e. The van der Waals surface area contributed by atoms with Crippen LogP contribution in [0.1, 0.15) is 35.1 Å². The number of anilines is 1. The van der Waals surface area contributed by atoms with Crippen molar-refractivity contribution in [2.75, 3.05) is 30.3 Å². The summed E-state index contributed by atoms with van der Waals surface area (Å²) in [6.45, 7) is 8.88. The van der Waals surface area contributed by atoms with E-state index in [1.807, 2.05) is 58.0 Å². The van der Waals surface area contributed by atoms with Gasteiger partial charge in [-0.3, -0.25) is 9.10 Å². The highest BCUT2D eigenvalue weighted by molar-refractivity contribution is 7.92. The molecule has 0 aliphatic rings. The van der Waals surface area contributed by atoms with E-state index in [1.54, 1.807) is 0 Å². The number of hydrogen-bond acceptors (Lipinski definition) is 4. The first-order valence-electron chi connectivity index (χ1n) is 10.1. The zero-order valence-corrected chi connectivity index (χ0v) is 19.3. The molecule has 0 fully saturated rings. The minimum absolute atomic E-state index is 0.117. The van der Waals surface area contributed by atoms with Crippen LogP contribution in [0.25, 0.3) is 0 Å². The van der Waals surface area contributed by atoms with E-state index in [0.29, 0.717) is 25.3 Å². The van der Waals surface area contributed by atoms with Crippen LogP contribution in [0.3, 0.4) is 0 Å². The molecule has 0 heterocycles. The Morgan fingerprint density at radius 2 is 1.67 bits per heavy atom. The Labute approximate surface area is 180 Å². The van der Waals surface area contributed by atoms with Crippen LogP contribution in [0.15, 0.2) is 36.4 Å². The van der Waals surface area contributed by atoms with Crippen molar-refractivity contribution in [2.24, 2.45) is 0 Å². The summed E-state index contributed by atoms with van der Waals surface area (Å²) < 4.78 is 31.6. The second-order valence-corrected chi connectivity index (χ2v) is 9.66. The van der Waals surface area contributed by atoms with Crippen molar-refractivity contribution in [3.8, 4) is 5.75 Å². The number of ether oxygens (including phenoxy) is 1. The molecule has 2 rings (SSSR count). The summed E-state index contributed by atoms with van der Waals surface area (Å²) in [7, 11) is -3.43. The summed E-state index contributed by atoms with van der Waals surface area (Å²) in [5.74, 6) is 0.674. The molecule has 0 unspecified atom stereocenters. The SMILES string of the molecule is Cc1cc(C)cc(OCCNC(=O)CCCN(c2cc(C)ccc2C)S(C)(=O)=O)c1. The number of nitrogens with one attached hydrogen (secondary N) is 1. The molecule has 0 radical (unpaired) electrons. The minimum Gasteiger partial charge on any atom is -0.492 e. The number of sulfonamides is 1. The van der Waals surface area contributed by atoms with Gasteiger partial charge in [0, 0.05) is 13.0 Å². The molecule has 0 aliphatic heterocycles. The maximum absolute atomic E-state index is 12.3. The van der Waals surface area contributed by atoms with Gasteiger partial charge in [0.15, 0.2) is 0 Å². The van der Waals surface area contributed by atoms with Crippen LogP contribution in [0.4, 0.5) is 5.69 Å². The van der Waals surface area contributed by atoms with Crippen LogP contribution in [-0.2, 0) is 14.8 Å². The van der Waals surface area contributed by atoms with Gasteiger partial charge in [0.2, 0.25) is 15.9 Å². The van der Waals surface area contributed by atoms with Crippen LogP contribution in [0.5, 0.6) is 5.75 Å². The third-order valence-electron chi connectivity index (χ3n) is 4.69. The van der Waals surface area contributed by atoms with E-state index < -0.39 is 10.0 Å². The van der Waals surface area contributed by atoms with Gasteiger partial charge in [-0.1, -0.05) is 18.2 Å². The highest BCUT2D eigenvalue weighted by Gasteiger charge is 2.19. The number of amides is 1. The van der Waals surface area contributed by atoms with E-state index in [4.69, 9.17) is 4.74 Å². The monoisotopic (exact) mass is 432 g/mol. The molecular weight excluding hydrogens is 400 g/mol. The average molecular weight is 433 g/mol. The van der Waals surface area contributed by atoms with Gasteiger partial charge in [0.25, 0.3) is 0 Å². The summed E-state index contributed by atoms with van der Waals surface area (Å²) in [5.41, 5.74) is 4.81. The van der Waals surface area contributed by atoms with Crippen LogP contribution < -0.4 is 14.4 Å². The molecule has 0 saturated heterocycles. The van der Waals surface area contributed by atoms with E-state index in [2.05, 4.69) is 11.4 Å². The minimum atomic E-state index is -3.43. The highest BCUT2D eigenvalue weighted by atomic mass is 32.2. The van der Waals surface area contributed by atoms with Gasteiger partial charge in [0.05, 0.1) is 18.5 Å². The third kappa shape index (κ3) is 7.37. The largest absolute Gasteiger partial charge is 0.492 e. The number of nitrogens with zero attached hydrogens (tertiary/aromatic N) is 1. The lowest BCUT2D eigenvalue weighted by molar-refractivity contribution is -0.121. The summed E-state index contributed by atoms with van der Waals surface area (Å²) >= 11 is 0. The molecule has 2 aromatic rings. The van der Waals surface area contributed by atoms with Gasteiger partial charge in [-0.05, 0) is 74.6 Å². The number of hydrogen-bond donors (Lipinski definition) is 1. The molecule has 1 amide bonds. The molecule has 2 aromatic carbocycles. The van der Waals surface area contributed by atoms with Crippen molar-refractivity contribution in [1.29, 1.82) is 0 Å². The Morgan fingerprint density at radius 1 is 1.00 bits per heavy atom. The average Bonchev–Trinajstić information content (AvgIpc) is 2.63. The van der Waals surface area contributed by atoms with Crippen LogP contribution in [0, 0.1) is 27.7 Å². The molecule has 6 nitrogen and oxygen atoms in total. The maximum atomic E-state index is 12.3. The zero-order chi connectivity index (χ0) is 22.3. The fourth-order valence-corrected chi connectivity index (χ4v) is 4.31. The second-order valence-electron chi connectivity index (χ2n) is 7.75. The Balaban J connectivity index is 1.81. The van der Waals surface area contributed by atoms with E-state index >= 15 is 0 Å². The van der Waals surface area contributed by atoms with Gasteiger partial charge >= 0.3 is 0 Å². The molecule has 0 spiro atoms. The van der Waals surface area contributed by atoms with Crippen molar-refractivity contribution in [3.63, 3.8) is 0 Å². The van der Waals surface area contributed by atoms with Gasteiger partial charge in [-0.25, -0.2) is 8.42 Å². The molecule has 0 aliphatic carbocycles. The van der Waals surface area contributed by atoms with Gasteiger partial charge in [-0.15, -0.1) is 0 Å². The van der Waals surface area contributed by atoms with E-state index in [1.165, 1.54) is 10.6 Å². The quantitative estimate of drug-likeness (QED) is 0.582. The van der Waals surface area contributed by atoms with E-state index in [9.17, 15) is 13.2 Å². The Kier molecular flexibility index (Phi) is 8.29. The molecular formula is C23H32N2O4S. The zero-order valence-electron chi connectivity index (χ0n) is 18.5. The van der Waals surface area contributed by atoms with Gasteiger partial charge < -0.3 is 10.1 Å². The first kappa shape index (κ1) is 23.7. The number of aryl methyl sites for hydroxylation is 4. The number of rotatable bonds is 10. The molecule has 0 aromatic heterocycles. The normalized spacial score (nSPS) is 11.2. The summed E-state index contributed by atoms with van der Waals surface area (Å²) in [6.07, 6.45) is 1.88. The van der Waals surface area contributed by atoms with Gasteiger partial charge in [0.1, 0.15) is 12.4 Å². The highest BCUT2D eigenvalue weighted by Crippen LogP contribution is 2.24. The standard InChI is InChI=1S/C23H32N2O4S/c1-17-8-9-20(4)22(16-17)25(30(5,27)28)11-6-7-23(26)24-10-12-29-21-14-18(2)13-19(3)15-21/h8-9,13-16H,6-7,10-12H2,1-5H3,(H,24,26). The van der Waals surface area contributed by atoms with Gasteiger partial charge in [-0.2, -0.15) is 0 Å². The smallest absolute Gasteiger partial charge is 0.232 e. The van der Waals surface area contributed by atoms with E-state index in [-0.39, 0.29) is 18.9 Å². The second kappa shape index (κ2) is 10.5. The first-order valence-corrected chi connectivity index (χ1v) is 11.9. The van der Waals surface area contributed by atoms with Crippen LogP contribution >= 0.6 is 0 Å². The van der Waals surface area contributed by atoms with E-state index in [0.717, 1.165) is 28.0 Å². The molecule has 164 valence electrons. The Hall–Kier alpha value is -2.54. The van der Waals surface area contributed by atoms with Crippen LogP contribution in [-0.4, -0.2) is 40.3 Å². The molecule has 1 N–H and O–H groups in total. The van der Waals surface area contributed by atoms with Crippen molar-refractivity contribution >= 4 is 21.6 Å². The Bertz CT molecular complexity index is 966. The van der Waals surface area contributed by atoms with Crippen LogP contribution in [0.2, 0.25) is 0 Å². The lowest BCUT2D eigenvalue weighted by Crippen LogP contribution is -2.33. The lowest BCUT2D eigenvalue weighted by atomic mass is 10.1. The summed E-state index contributed by atoms with van der Waals surface area (Å²) in [6, 6.07) is 11.7. The fourth-order valence-electron chi connectivity index (χ4n) is 3.30. The Morgan fingerprint density at radius 3 is 2.30 bits per heavy atom. The molecule has 7 heteroatoms. The summed E-state index contributed by atoms with van der Waals surface area (Å²) in [4.78, 5) is 12.1. The van der Waals surface area contributed by atoms with Crippen molar-refractivity contribution in [3.05, 3.63) is 58.7 Å². The number of carbonyl (C=O) groups excluding carboxylic acids is 1. The predicted molar refractivity (Wildman–Crippen MR) is 122 cm³/mol. The lowest BCUT2D eigenvalue weighted by Gasteiger charge is -2.24. The molecule has 0 bridgehead atoms. The van der Waals surface area contributed by atoms with Crippen molar-refractivity contribution < 1.29 is 17.9 Å². The first-order chi connectivity index (χ1) is 14.1. The van der Waals surface area contributed by atoms with Crippen molar-refractivity contribution in [2.45, 2.75) is 40.5 Å². The topological polar surface area (TPSA) is 75.7 Å². The fraction of sp³-hybridized carbons (Fsp3) is 0.435. The number of benzene rings is 2. The summed E-state index contributed by atoms with van der Waals surface area (Å²) in [5, 5.41) is 2.82. The molecule has 0 atom stereocenters. The molecule has 30 heavy (non-hydrogen) atoms. The van der Waals surface area contributed by atoms with Crippen molar-refractivity contribution in [1.82, 2.24) is 5.32 Å².